The van der Waals surface area contributed by atoms with Crippen molar-refractivity contribution in [1.29, 1.82) is 0 Å². The number of carbonyl (C=O) groups excluding carboxylic acids is 2. The summed E-state index contributed by atoms with van der Waals surface area (Å²) in [4.78, 5) is 29.8. The van der Waals surface area contributed by atoms with E-state index in [4.69, 9.17) is 9.47 Å². The number of esters is 2. The Morgan fingerprint density at radius 3 is 1.72 bits per heavy atom. The summed E-state index contributed by atoms with van der Waals surface area (Å²) in [5.74, 6) is 0.0620. The molecule has 0 unspecified atom stereocenters. The van der Waals surface area contributed by atoms with Crippen molar-refractivity contribution in [2.45, 2.75) is 54.4 Å². The van der Waals surface area contributed by atoms with Gasteiger partial charge in [0.15, 0.2) is 0 Å². The Morgan fingerprint density at radius 1 is 0.674 bits per heavy atom. The molecule has 3 aromatic carbocycles. The smallest absolute Gasteiger partial charge is 0.316 e. The van der Waals surface area contributed by atoms with Gasteiger partial charge in [0.1, 0.15) is 5.75 Å². The summed E-state index contributed by atoms with van der Waals surface area (Å²) >= 11 is 0. The number of piperazine rings is 1. The molecule has 6 nitrogen and oxygen atoms in total. The van der Waals surface area contributed by atoms with Crippen LogP contribution >= 0.6 is 24.8 Å². The summed E-state index contributed by atoms with van der Waals surface area (Å²) < 4.78 is 11.3. The summed E-state index contributed by atoms with van der Waals surface area (Å²) in [6.07, 6.45) is 1.41. The maximum absolute atomic E-state index is 12.5. The summed E-state index contributed by atoms with van der Waals surface area (Å²) in [6.45, 7) is 15.6. The molecule has 1 fully saturated rings. The van der Waals surface area contributed by atoms with Crippen LogP contribution in [0.5, 0.6) is 5.75 Å². The van der Waals surface area contributed by atoms with Gasteiger partial charge < -0.3 is 19.3 Å². The molecular formula is C38H50Cl2N2O4. The van der Waals surface area contributed by atoms with Crippen molar-refractivity contribution in [3.8, 4) is 5.75 Å². The van der Waals surface area contributed by atoms with Gasteiger partial charge in [-0.3, -0.25) is 9.59 Å². The molecule has 0 N–H and O–H groups in total. The summed E-state index contributed by atoms with van der Waals surface area (Å²) in [5, 5.41) is 0. The zero-order valence-corrected chi connectivity index (χ0v) is 29.9. The van der Waals surface area contributed by atoms with E-state index in [-0.39, 0.29) is 36.8 Å². The van der Waals surface area contributed by atoms with Gasteiger partial charge in [-0.05, 0) is 114 Å². The number of allylic oxidation sites excluding steroid dienone is 1. The number of halogens is 2. The number of likely N-dealkylation sites (N-methyl/N-ethyl adjacent to an activating group) is 1. The number of carbonyl (C=O) groups is 2. The second kappa shape index (κ2) is 17.0. The minimum atomic E-state index is -0.591. The third-order valence-corrected chi connectivity index (χ3v) is 7.83. The molecule has 1 heterocycles. The van der Waals surface area contributed by atoms with E-state index >= 15 is 0 Å². The molecule has 250 valence electrons. The first kappa shape index (κ1) is 38.9. The summed E-state index contributed by atoms with van der Waals surface area (Å²) in [7, 11) is 2.17. The lowest BCUT2D eigenvalue weighted by molar-refractivity contribution is -0.153. The first-order valence-electron chi connectivity index (χ1n) is 15.7. The first-order chi connectivity index (χ1) is 20.8. The van der Waals surface area contributed by atoms with Crippen molar-refractivity contribution in [2.24, 2.45) is 10.8 Å². The molecule has 0 bridgehead atoms. The number of hydrogen-bond acceptors (Lipinski definition) is 6. The van der Waals surface area contributed by atoms with Crippen LogP contribution in [0, 0.1) is 10.8 Å². The number of nitrogens with zero attached hydrogens (tertiary/aromatic N) is 2. The van der Waals surface area contributed by atoms with Crippen LogP contribution in [0.2, 0.25) is 0 Å². The molecule has 0 radical (unpaired) electrons. The molecule has 46 heavy (non-hydrogen) atoms. The molecule has 0 spiro atoms. The van der Waals surface area contributed by atoms with Crippen LogP contribution in [0.25, 0.3) is 11.1 Å². The molecule has 3 aromatic rings. The minimum Gasteiger partial charge on any atom is -0.465 e. The van der Waals surface area contributed by atoms with Crippen molar-refractivity contribution in [2.75, 3.05) is 44.7 Å². The Morgan fingerprint density at radius 2 is 1.20 bits per heavy atom. The number of benzene rings is 3. The lowest BCUT2D eigenvalue weighted by Gasteiger charge is -2.34. The van der Waals surface area contributed by atoms with Crippen LogP contribution in [0.1, 0.15) is 71.1 Å². The monoisotopic (exact) mass is 668 g/mol. The Labute approximate surface area is 288 Å². The molecule has 0 saturated carbocycles. The highest BCUT2D eigenvalue weighted by Crippen LogP contribution is 2.37. The van der Waals surface area contributed by atoms with Gasteiger partial charge in [-0.15, -0.1) is 24.8 Å². The number of rotatable bonds is 9. The maximum Gasteiger partial charge on any atom is 0.316 e. The number of anilines is 1. The molecule has 0 amide bonds. The Hall–Kier alpha value is -3.32. The van der Waals surface area contributed by atoms with Crippen LogP contribution in [0.3, 0.4) is 0 Å². The average molecular weight is 670 g/mol. The van der Waals surface area contributed by atoms with Gasteiger partial charge in [-0.1, -0.05) is 54.6 Å². The highest BCUT2D eigenvalue weighted by atomic mass is 35.5. The molecule has 8 heteroatoms. The summed E-state index contributed by atoms with van der Waals surface area (Å²) in [5.41, 5.74) is 5.63. The lowest BCUT2D eigenvalue weighted by atomic mass is 9.87. The van der Waals surface area contributed by atoms with Crippen LogP contribution < -0.4 is 9.64 Å². The third kappa shape index (κ3) is 10.6. The molecule has 1 aliphatic rings. The van der Waals surface area contributed by atoms with Gasteiger partial charge >= 0.3 is 11.9 Å². The Balaban J connectivity index is 0.00000368. The molecule has 1 aliphatic heterocycles. The second-order valence-corrected chi connectivity index (χ2v) is 13.7. The van der Waals surface area contributed by atoms with Crippen LogP contribution in [-0.4, -0.2) is 56.7 Å². The molecule has 1 saturated heterocycles. The summed E-state index contributed by atoms with van der Waals surface area (Å²) in [6, 6.07) is 27.0. The van der Waals surface area contributed by atoms with Gasteiger partial charge in [0, 0.05) is 31.9 Å². The van der Waals surface area contributed by atoms with Gasteiger partial charge in [0.05, 0.1) is 17.4 Å². The van der Waals surface area contributed by atoms with Crippen molar-refractivity contribution in [3.05, 3.63) is 95.6 Å². The van der Waals surface area contributed by atoms with E-state index in [1.54, 1.807) is 0 Å². The van der Waals surface area contributed by atoms with Gasteiger partial charge in [-0.2, -0.15) is 0 Å². The predicted molar refractivity (Wildman–Crippen MR) is 194 cm³/mol. The van der Waals surface area contributed by atoms with Crippen molar-refractivity contribution in [1.82, 2.24) is 4.90 Å². The fourth-order valence-corrected chi connectivity index (χ4v) is 5.05. The standard InChI is InChI=1S/C38H48N2O4.2ClH/c1-37(2,3)35(41)43-27-11-14-33(28-12-9-8-10-13-28)34(30-17-21-32(22-18-30)44-36(42)38(4,5)6)29-15-19-31(20-16-29)40-25-23-39(7)24-26-40;;/h8-10,12-13,15-22H,11,14,23-27H2,1-7H3;2*1H/b34-33+;;. The quantitative estimate of drug-likeness (QED) is 0.0985. The topological polar surface area (TPSA) is 59.1 Å². The highest BCUT2D eigenvalue weighted by molar-refractivity contribution is 5.99. The lowest BCUT2D eigenvalue weighted by Crippen LogP contribution is -2.44. The van der Waals surface area contributed by atoms with E-state index in [1.807, 2.05) is 71.9 Å². The van der Waals surface area contributed by atoms with Crippen molar-refractivity contribution >= 4 is 53.6 Å². The van der Waals surface area contributed by atoms with E-state index in [0.717, 1.165) is 54.9 Å². The van der Waals surface area contributed by atoms with Crippen molar-refractivity contribution < 1.29 is 19.1 Å². The Kier molecular flexibility index (Phi) is 14.4. The molecular weight excluding hydrogens is 619 g/mol. The van der Waals surface area contributed by atoms with Gasteiger partial charge in [0.25, 0.3) is 0 Å². The predicted octanol–water partition coefficient (Wildman–Crippen LogP) is 8.56. The normalized spacial score (nSPS) is 14.4. The molecule has 0 atom stereocenters. The number of hydrogen-bond donors (Lipinski definition) is 0. The number of ether oxygens (including phenoxy) is 2. The fraction of sp³-hybridized carbons (Fsp3) is 0.421. The zero-order chi connectivity index (χ0) is 31.9. The van der Waals surface area contributed by atoms with Crippen LogP contribution in [-0.2, 0) is 14.3 Å². The molecule has 0 aliphatic carbocycles. The van der Waals surface area contributed by atoms with Gasteiger partial charge in [0.2, 0.25) is 0 Å². The SMILES string of the molecule is CN1CCN(c2ccc(/C(=C(/CCCOC(=O)C(C)(C)C)c3ccccc3)c3ccc(OC(=O)C(C)(C)C)cc3)cc2)CC1.Cl.Cl. The zero-order valence-electron chi connectivity index (χ0n) is 28.3. The second-order valence-electron chi connectivity index (χ2n) is 13.7. The van der Waals surface area contributed by atoms with E-state index < -0.39 is 10.8 Å². The van der Waals surface area contributed by atoms with E-state index in [0.29, 0.717) is 18.8 Å². The van der Waals surface area contributed by atoms with Crippen LogP contribution in [0.4, 0.5) is 5.69 Å². The minimum absolute atomic E-state index is 0. The first-order valence-corrected chi connectivity index (χ1v) is 15.7. The van der Waals surface area contributed by atoms with Gasteiger partial charge in [-0.25, -0.2) is 0 Å². The molecule has 4 rings (SSSR count). The third-order valence-electron chi connectivity index (χ3n) is 7.83. The maximum atomic E-state index is 12.5. The van der Waals surface area contributed by atoms with E-state index in [9.17, 15) is 9.59 Å². The fourth-order valence-electron chi connectivity index (χ4n) is 5.05. The Bertz CT molecular complexity index is 1430. The van der Waals surface area contributed by atoms with Crippen molar-refractivity contribution in [3.63, 3.8) is 0 Å². The van der Waals surface area contributed by atoms with E-state index in [1.165, 1.54) is 11.3 Å². The van der Waals surface area contributed by atoms with E-state index in [2.05, 4.69) is 65.4 Å². The highest BCUT2D eigenvalue weighted by Gasteiger charge is 2.25. The van der Waals surface area contributed by atoms with Crippen LogP contribution in [0.15, 0.2) is 78.9 Å². The average Bonchev–Trinajstić information content (AvgIpc) is 2.99. The molecule has 0 aromatic heterocycles. The largest absolute Gasteiger partial charge is 0.465 e.